The number of ether oxygens (including phenoxy) is 1. The second kappa shape index (κ2) is 4.82. The molecule has 0 saturated carbocycles. The van der Waals surface area contributed by atoms with Gasteiger partial charge in [-0.2, -0.15) is 0 Å². The van der Waals surface area contributed by atoms with E-state index in [0.717, 1.165) is 11.3 Å². The molecule has 0 unspecified atom stereocenters. The van der Waals surface area contributed by atoms with Crippen molar-refractivity contribution in [1.29, 1.82) is 0 Å². The van der Waals surface area contributed by atoms with Gasteiger partial charge in [0, 0.05) is 11.6 Å². The van der Waals surface area contributed by atoms with Gasteiger partial charge in [0.25, 0.3) is 0 Å². The zero-order chi connectivity index (χ0) is 10.6. The molecular formula is C12H17NO. The van der Waals surface area contributed by atoms with Gasteiger partial charge in [-0.25, -0.2) is 0 Å². The molecule has 2 N–H and O–H groups in total. The Labute approximate surface area is 85.4 Å². The van der Waals surface area contributed by atoms with E-state index in [1.807, 2.05) is 26.0 Å². The van der Waals surface area contributed by atoms with Gasteiger partial charge in [-0.3, -0.25) is 0 Å². The van der Waals surface area contributed by atoms with Crippen molar-refractivity contribution in [3.05, 3.63) is 42.0 Å². The standard InChI is InChI=1S/C12H17NO/c1-4-7-14-12-6-5-9(2)8-11(12)10(3)13/h4-6,8,10H,1,7,13H2,2-3H3/t10-/m1/s1. The fourth-order valence-electron chi connectivity index (χ4n) is 1.30. The van der Waals surface area contributed by atoms with Gasteiger partial charge in [-0.1, -0.05) is 30.4 Å². The molecule has 0 spiro atoms. The molecule has 0 radical (unpaired) electrons. The molecule has 0 aromatic heterocycles. The smallest absolute Gasteiger partial charge is 0.124 e. The van der Waals surface area contributed by atoms with Crippen LogP contribution in [-0.2, 0) is 0 Å². The summed E-state index contributed by atoms with van der Waals surface area (Å²) < 4.78 is 5.50. The summed E-state index contributed by atoms with van der Waals surface area (Å²) in [5.74, 6) is 0.852. The molecule has 1 rings (SSSR count). The normalized spacial score (nSPS) is 12.2. The fraction of sp³-hybridized carbons (Fsp3) is 0.333. The van der Waals surface area contributed by atoms with Crippen molar-refractivity contribution in [3.63, 3.8) is 0 Å². The van der Waals surface area contributed by atoms with E-state index in [9.17, 15) is 0 Å². The minimum Gasteiger partial charge on any atom is -0.489 e. The van der Waals surface area contributed by atoms with E-state index in [1.54, 1.807) is 6.08 Å². The lowest BCUT2D eigenvalue weighted by atomic mass is 10.1. The van der Waals surface area contributed by atoms with Crippen molar-refractivity contribution < 1.29 is 4.74 Å². The topological polar surface area (TPSA) is 35.2 Å². The van der Waals surface area contributed by atoms with E-state index < -0.39 is 0 Å². The first-order valence-electron chi connectivity index (χ1n) is 4.75. The lowest BCUT2D eigenvalue weighted by Gasteiger charge is -2.13. The summed E-state index contributed by atoms with van der Waals surface area (Å²) in [5.41, 5.74) is 8.09. The highest BCUT2D eigenvalue weighted by Crippen LogP contribution is 2.24. The van der Waals surface area contributed by atoms with E-state index in [2.05, 4.69) is 12.6 Å². The Kier molecular flexibility index (Phi) is 3.72. The zero-order valence-corrected chi connectivity index (χ0v) is 8.79. The predicted molar refractivity (Wildman–Crippen MR) is 59.5 cm³/mol. The van der Waals surface area contributed by atoms with E-state index >= 15 is 0 Å². The molecule has 0 amide bonds. The first kappa shape index (κ1) is 10.8. The van der Waals surface area contributed by atoms with Gasteiger partial charge in [0.05, 0.1) is 0 Å². The van der Waals surface area contributed by atoms with Gasteiger partial charge in [0.15, 0.2) is 0 Å². The molecule has 2 nitrogen and oxygen atoms in total. The van der Waals surface area contributed by atoms with Crippen LogP contribution in [0, 0.1) is 6.92 Å². The number of benzene rings is 1. The summed E-state index contributed by atoms with van der Waals surface area (Å²) in [6, 6.07) is 6.03. The second-order valence-electron chi connectivity index (χ2n) is 3.43. The quantitative estimate of drug-likeness (QED) is 0.742. The summed E-state index contributed by atoms with van der Waals surface area (Å²) in [4.78, 5) is 0. The van der Waals surface area contributed by atoms with Crippen molar-refractivity contribution in [2.75, 3.05) is 6.61 Å². The molecule has 1 aromatic carbocycles. The van der Waals surface area contributed by atoms with Gasteiger partial charge < -0.3 is 10.5 Å². The molecule has 1 atom stereocenters. The Bertz CT molecular complexity index is 318. The van der Waals surface area contributed by atoms with Crippen LogP contribution < -0.4 is 10.5 Å². The Morgan fingerprint density at radius 3 is 2.86 bits per heavy atom. The summed E-state index contributed by atoms with van der Waals surface area (Å²) in [6.45, 7) is 8.13. The minimum absolute atomic E-state index is 0.00489. The highest BCUT2D eigenvalue weighted by Gasteiger charge is 2.07. The SMILES string of the molecule is C=CCOc1ccc(C)cc1[C@@H](C)N. The highest BCUT2D eigenvalue weighted by molar-refractivity contribution is 5.38. The zero-order valence-electron chi connectivity index (χ0n) is 8.79. The second-order valence-corrected chi connectivity index (χ2v) is 3.43. The molecule has 1 aromatic rings. The molecule has 0 aliphatic heterocycles. The van der Waals surface area contributed by atoms with Crippen LogP contribution in [0.5, 0.6) is 5.75 Å². The molecule has 0 aliphatic rings. The van der Waals surface area contributed by atoms with Gasteiger partial charge in [-0.15, -0.1) is 0 Å². The Morgan fingerprint density at radius 2 is 2.29 bits per heavy atom. The summed E-state index contributed by atoms with van der Waals surface area (Å²) in [7, 11) is 0. The van der Waals surface area contributed by atoms with Gasteiger partial charge >= 0.3 is 0 Å². The van der Waals surface area contributed by atoms with Crippen LogP contribution in [-0.4, -0.2) is 6.61 Å². The van der Waals surface area contributed by atoms with Crippen LogP contribution >= 0.6 is 0 Å². The van der Waals surface area contributed by atoms with Gasteiger partial charge in [0.2, 0.25) is 0 Å². The predicted octanol–water partition coefficient (Wildman–Crippen LogP) is 2.58. The number of aryl methyl sites for hydroxylation is 1. The van der Waals surface area contributed by atoms with E-state index in [1.165, 1.54) is 5.56 Å². The molecule has 0 saturated heterocycles. The molecule has 0 aliphatic carbocycles. The van der Waals surface area contributed by atoms with Crippen LogP contribution in [0.3, 0.4) is 0 Å². The van der Waals surface area contributed by atoms with Crippen molar-refractivity contribution in [3.8, 4) is 5.75 Å². The van der Waals surface area contributed by atoms with Crippen molar-refractivity contribution in [2.45, 2.75) is 19.9 Å². The molecule has 14 heavy (non-hydrogen) atoms. The average molecular weight is 191 g/mol. The number of nitrogens with two attached hydrogens (primary N) is 1. The van der Waals surface area contributed by atoms with Gasteiger partial charge in [-0.05, 0) is 19.9 Å². The first-order chi connectivity index (χ1) is 6.65. The van der Waals surface area contributed by atoms with E-state index in [4.69, 9.17) is 10.5 Å². The molecule has 0 bridgehead atoms. The third-order valence-corrected chi connectivity index (χ3v) is 2.01. The Hall–Kier alpha value is -1.28. The lowest BCUT2D eigenvalue weighted by molar-refractivity contribution is 0.357. The summed E-state index contributed by atoms with van der Waals surface area (Å²) in [6.07, 6.45) is 1.73. The number of hydrogen-bond acceptors (Lipinski definition) is 2. The van der Waals surface area contributed by atoms with Crippen molar-refractivity contribution in [2.24, 2.45) is 5.73 Å². The molecule has 0 heterocycles. The van der Waals surface area contributed by atoms with Crippen LogP contribution in [0.2, 0.25) is 0 Å². The maximum atomic E-state index is 5.85. The Morgan fingerprint density at radius 1 is 1.57 bits per heavy atom. The largest absolute Gasteiger partial charge is 0.489 e. The molecule has 76 valence electrons. The van der Waals surface area contributed by atoms with Crippen molar-refractivity contribution in [1.82, 2.24) is 0 Å². The molecule has 0 fully saturated rings. The van der Waals surface area contributed by atoms with Crippen LogP contribution in [0.25, 0.3) is 0 Å². The first-order valence-corrected chi connectivity index (χ1v) is 4.75. The van der Waals surface area contributed by atoms with Crippen LogP contribution in [0.15, 0.2) is 30.9 Å². The van der Waals surface area contributed by atoms with Crippen molar-refractivity contribution >= 4 is 0 Å². The fourth-order valence-corrected chi connectivity index (χ4v) is 1.30. The van der Waals surface area contributed by atoms with Crippen LogP contribution in [0.4, 0.5) is 0 Å². The third kappa shape index (κ3) is 2.60. The summed E-state index contributed by atoms with van der Waals surface area (Å²) in [5, 5.41) is 0. The monoisotopic (exact) mass is 191 g/mol. The molecular weight excluding hydrogens is 174 g/mol. The maximum Gasteiger partial charge on any atom is 0.124 e. The Balaban J connectivity index is 2.95. The number of rotatable bonds is 4. The third-order valence-electron chi connectivity index (χ3n) is 2.01. The average Bonchev–Trinajstić information content (AvgIpc) is 2.15. The van der Waals surface area contributed by atoms with Crippen LogP contribution in [0.1, 0.15) is 24.1 Å². The summed E-state index contributed by atoms with van der Waals surface area (Å²) >= 11 is 0. The van der Waals surface area contributed by atoms with E-state index in [0.29, 0.717) is 6.61 Å². The lowest BCUT2D eigenvalue weighted by Crippen LogP contribution is -2.08. The van der Waals surface area contributed by atoms with Gasteiger partial charge in [0.1, 0.15) is 12.4 Å². The highest BCUT2D eigenvalue weighted by atomic mass is 16.5. The minimum atomic E-state index is -0.00489. The molecule has 2 heteroatoms. The maximum absolute atomic E-state index is 5.85. The number of hydrogen-bond donors (Lipinski definition) is 1. The van der Waals surface area contributed by atoms with E-state index in [-0.39, 0.29) is 6.04 Å².